The van der Waals surface area contributed by atoms with Crippen molar-refractivity contribution in [1.82, 2.24) is 18.9 Å². The molecule has 0 radical (unpaired) electrons. The molecule has 36 heavy (non-hydrogen) atoms. The van der Waals surface area contributed by atoms with Gasteiger partial charge >= 0.3 is 0 Å². The van der Waals surface area contributed by atoms with Crippen LogP contribution >= 0.6 is 0 Å². The number of para-hydroxylation sites is 2. The van der Waals surface area contributed by atoms with Gasteiger partial charge in [0.1, 0.15) is 0 Å². The second-order valence-electron chi connectivity index (χ2n) is 10.6. The van der Waals surface area contributed by atoms with Crippen LogP contribution in [-0.2, 0) is 13.1 Å². The van der Waals surface area contributed by atoms with Gasteiger partial charge in [0.2, 0.25) is 0 Å². The van der Waals surface area contributed by atoms with E-state index in [4.69, 9.17) is 0 Å². The minimum Gasteiger partial charge on any atom is -0.390 e. The first-order chi connectivity index (χ1) is 17.3. The van der Waals surface area contributed by atoms with Gasteiger partial charge in [-0.25, -0.2) is 0 Å². The van der Waals surface area contributed by atoms with Crippen LogP contribution in [-0.4, -0.2) is 80.6 Å². The Kier molecular flexibility index (Phi) is 7.22. The number of piperazine rings is 1. The molecule has 2 atom stereocenters. The van der Waals surface area contributed by atoms with Crippen molar-refractivity contribution in [2.75, 3.05) is 39.3 Å². The van der Waals surface area contributed by atoms with Crippen LogP contribution in [0.4, 0.5) is 0 Å². The molecule has 192 valence electrons. The molecule has 6 nitrogen and oxygen atoms in total. The number of nitrogens with zero attached hydrogens (tertiary/aromatic N) is 4. The molecule has 2 N–H and O–H groups in total. The molecule has 1 aliphatic rings. The van der Waals surface area contributed by atoms with Crippen LogP contribution in [0.25, 0.3) is 21.8 Å². The highest BCUT2D eigenvalue weighted by molar-refractivity contribution is 5.86. The van der Waals surface area contributed by atoms with E-state index in [1.807, 2.05) is 0 Å². The number of benzene rings is 2. The first-order valence-corrected chi connectivity index (χ1v) is 13.2. The molecule has 1 fully saturated rings. The molecule has 1 saturated heterocycles. The molecule has 6 heteroatoms. The number of aliphatic hydroxyl groups excluding tert-OH is 2. The summed E-state index contributed by atoms with van der Waals surface area (Å²) in [6, 6.07) is 16.9. The molecule has 4 aromatic rings. The SMILES string of the molecule is Cc1c(C)n(C[C@H](O)CN2CCN(C[C@H](O)Cn3c(C)c(C)c4ccccc43)CC2)c2ccccc12. The summed E-state index contributed by atoms with van der Waals surface area (Å²) in [5.74, 6) is 0. The minimum absolute atomic E-state index is 0.413. The second-order valence-corrected chi connectivity index (χ2v) is 10.6. The Bertz CT molecular complexity index is 1240. The van der Waals surface area contributed by atoms with Crippen LogP contribution in [0.15, 0.2) is 48.5 Å². The van der Waals surface area contributed by atoms with E-state index >= 15 is 0 Å². The van der Waals surface area contributed by atoms with E-state index < -0.39 is 12.2 Å². The standard InChI is InChI=1S/C30H40N4O2/c1-21-23(3)33(29-11-7-5-9-27(21)29)19-25(35)17-31-13-15-32(16-14-31)18-26(36)20-34-24(4)22(2)28-10-6-8-12-30(28)34/h5-12,25-26,35-36H,13-20H2,1-4H3/t25-,26+. The third kappa shape index (κ3) is 4.83. The van der Waals surface area contributed by atoms with Gasteiger partial charge in [0.15, 0.2) is 0 Å². The van der Waals surface area contributed by atoms with Crippen molar-refractivity contribution in [3.05, 3.63) is 71.0 Å². The van der Waals surface area contributed by atoms with Gasteiger partial charge < -0.3 is 19.3 Å². The van der Waals surface area contributed by atoms with Crippen molar-refractivity contribution < 1.29 is 10.2 Å². The first kappa shape index (κ1) is 25.0. The summed E-state index contributed by atoms with van der Waals surface area (Å²) < 4.78 is 4.52. The molecule has 0 bridgehead atoms. The van der Waals surface area contributed by atoms with Crippen LogP contribution in [0, 0.1) is 27.7 Å². The number of aryl methyl sites for hydroxylation is 2. The lowest BCUT2D eigenvalue weighted by molar-refractivity contribution is 0.0407. The maximum atomic E-state index is 10.9. The largest absolute Gasteiger partial charge is 0.390 e. The van der Waals surface area contributed by atoms with Gasteiger partial charge in [-0.3, -0.25) is 9.80 Å². The molecule has 0 spiro atoms. The van der Waals surface area contributed by atoms with Crippen molar-refractivity contribution in [2.24, 2.45) is 0 Å². The van der Waals surface area contributed by atoms with Crippen molar-refractivity contribution in [2.45, 2.75) is 53.0 Å². The van der Waals surface area contributed by atoms with Crippen LogP contribution < -0.4 is 0 Å². The predicted molar refractivity (Wildman–Crippen MR) is 148 cm³/mol. The van der Waals surface area contributed by atoms with Crippen LogP contribution in [0.3, 0.4) is 0 Å². The Morgan fingerprint density at radius 2 is 0.944 bits per heavy atom. The van der Waals surface area contributed by atoms with E-state index in [-0.39, 0.29) is 0 Å². The van der Waals surface area contributed by atoms with Crippen molar-refractivity contribution in [3.8, 4) is 0 Å². The van der Waals surface area contributed by atoms with Gasteiger partial charge in [-0.1, -0.05) is 36.4 Å². The fourth-order valence-corrected chi connectivity index (χ4v) is 5.97. The zero-order valence-corrected chi connectivity index (χ0v) is 22.1. The van der Waals surface area contributed by atoms with Crippen LogP contribution in [0.2, 0.25) is 0 Å². The van der Waals surface area contributed by atoms with Gasteiger partial charge in [-0.05, 0) is 51.0 Å². The summed E-state index contributed by atoms with van der Waals surface area (Å²) in [5.41, 5.74) is 7.45. The summed E-state index contributed by atoms with van der Waals surface area (Å²) >= 11 is 0. The normalized spacial score (nSPS) is 17.3. The third-order valence-corrected chi connectivity index (χ3v) is 8.28. The molecule has 2 aromatic heterocycles. The van der Waals surface area contributed by atoms with Gasteiger partial charge in [0.25, 0.3) is 0 Å². The number of aromatic nitrogens is 2. The number of rotatable bonds is 8. The summed E-state index contributed by atoms with van der Waals surface area (Å²) in [5, 5.41) is 24.4. The van der Waals surface area contributed by atoms with Crippen LogP contribution in [0.1, 0.15) is 22.5 Å². The second kappa shape index (κ2) is 10.4. The van der Waals surface area contributed by atoms with Crippen molar-refractivity contribution in [3.63, 3.8) is 0 Å². The van der Waals surface area contributed by atoms with Gasteiger partial charge in [0.05, 0.1) is 25.3 Å². The van der Waals surface area contributed by atoms with E-state index in [0.29, 0.717) is 26.2 Å². The molecule has 0 saturated carbocycles. The number of hydrogen-bond donors (Lipinski definition) is 2. The molecule has 1 aliphatic heterocycles. The Labute approximate surface area is 214 Å². The fraction of sp³-hybridized carbons (Fsp3) is 0.467. The highest BCUT2D eigenvalue weighted by Crippen LogP contribution is 2.26. The summed E-state index contributed by atoms with van der Waals surface area (Å²) in [4.78, 5) is 4.71. The van der Waals surface area contributed by atoms with E-state index in [9.17, 15) is 10.2 Å². The fourth-order valence-electron chi connectivity index (χ4n) is 5.97. The predicted octanol–water partition coefficient (Wildman–Crippen LogP) is 3.87. The first-order valence-electron chi connectivity index (χ1n) is 13.2. The zero-order chi connectivity index (χ0) is 25.4. The van der Waals surface area contributed by atoms with Crippen LogP contribution in [0.5, 0.6) is 0 Å². The van der Waals surface area contributed by atoms with Gasteiger partial charge in [0, 0.05) is 72.5 Å². The van der Waals surface area contributed by atoms with E-state index in [0.717, 1.165) is 26.2 Å². The lowest BCUT2D eigenvalue weighted by atomic mass is 10.2. The Morgan fingerprint density at radius 3 is 1.33 bits per heavy atom. The Hall–Kier alpha value is -2.64. The highest BCUT2D eigenvalue weighted by atomic mass is 16.3. The number of β-amino-alcohol motifs (C(OH)–C–C–N with tert-alkyl or cyclic N) is 2. The third-order valence-electron chi connectivity index (χ3n) is 8.28. The maximum Gasteiger partial charge on any atom is 0.0845 e. The molecule has 3 heterocycles. The van der Waals surface area contributed by atoms with Gasteiger partial charge in [-0.2, -0.15) is 0 Å². The maximum absolute atomic E-state index is 10.9. The quantitative estimate of drug-likeness (QED) is 0.395. The number of hydrogen-bond acceptors (Lipinski definition) is 4. The Balaban J connectivity index is 1.13. The molecular weight excluding hydrogens is 448 g/mol. The average molecular weight is 489 g/mol. The lowest BCUT2D eigenvalue weighted by Gasteiger charge is -2.36. The average Bonchev–Trinajstić information content (AvgIpc) is 3.26. The topological polar surface area (TPSA) is 56.8 Å². The molecule has 5 rings (SSSR count). The Morgan fingerprint density at radius 1 is 0.583 bits per heavy atom. The summed E-state index contributed by atoms with van der Waals surface area (Å²) in [6.07, 6.45) is -0.825. The number of aliphatic hydroxyl groups is 2. The molecule has 0 aliphatic carbocycles. The van der Waals surface area contributed by atoms with Crippen molar-refractivity contribution in [1.29, 1.82) is 0 Å². The van der Waals surface area contributed by atoms with E-state index in [1.54, 1.807) is 0 Å². The van der Waals surface area contributed by atoms with Gasteiger partial charge in [-0.15, -0.1) is 0 Å². The van der Waals surface area contributed by atoms with E-state index in [2.05, 4.69) is 95.2 Å². The number of fused-ring (bicyclic) bond motifs is 2. The highest BCUT2D eigenvalue weighted by Gasteiger charge is 2.23. The van der Waals surface area contributed by atoms with E-state index in [1.165, 1.54) is 44.3 Å². The van der Waals surface area contributed by atoms with Crippen molar-refractivity contribution >= 4 is 21.8 Å². The smallest absolute Gasteiger partial charge is 0.0845 e. The minimum atomic E-state index is -0.413. The molecule has 2 aromatic carbocycles. The summed E-state index contributed by atoms with van der Waals surface area (Å²) in [7, 11) is 0. The molecule has 0 amide bonds. The monoisotopic (exact) mass is 488 g/mol. The molecular formula is C30H40N4O2. The summed E-state index contributed by atoms with van der Waals surface area (Å²) in [6.45, 7) is 14.9. The zero-order valence-electron chi connectivity index (χ0n) is 22.1. The lowest BCUT2D eigenvalue weighted by Crippen LogP contribution is -2.50. The molecule has 0 unspecified atom stereocenters.